The van der Waals surface area contributed by atoms with E-state index in [-0.39, 0.29) is 6.54 Å². The number of benzene rings is 1. The monoisotopic (exact) mass is 280 g/mol. The van der Waals surface area contributed by atoms with Gasteiger partial charge in [0.25, 0.3) is 0 Å². The van der Waals surface area contributed by atoms with Gasteiger partial charge in [0.05, 0.1) is 6.54 Å². The third-order valence-electron chi connectivity index (χ3n) is 2.09. The van der Waals surface area contributed by atoms with Gasteiger partial charge in [-0.15, -0.1) is 0 Å². The maximum atomic E-state index is 11.5. The summed E-state index contributed by atoms with van der Waals surface area (Å²) >= 11 is 0. The van der Waals surface area contributed by atoms with E-state index in [9.17, 15) is 13.2 Å². The van der Waals surface area contributed by atoms with Crippen molar-refractivity contribution in [2.24, 2.45) is 5.73 Å². The highest BCUT2D eigenvalue weighted by molar-refractivity contribution is 7.91. The highest BCUT2D eigenvalue weighted by Crippen LogP contribution is 2.14. The Labute approximate surface area is 113 Å². The number of sulfone groups is 1. The van der Waals surface area contributed by atoms with Crippen molar-refractivity contribution >= 4 is 21.4 Å². The first-order valence-corrected chi connectivity index (χ1v) is 7.64. The zero-order valence-electron chi connectivity index (χ0n) is 10.9. The molecule has 0 spiro atoms. The lowest BCUT2D eigenvalue weighted by molar-refractivity contribution is -0.113. The molecule has 0 fully saturated rings. The molecule has 3 N–H and O–H groups in total. The van der Waals surface area contributed by atoms with Crippen molar-refractivity contribution in [1.82, 2.24) is 0 Å². The molecule has 5 nitrogen and oxygen atoms in total. The Morgan fingerprint density at radius 3 is 2.63 bits per heavy atom. The van der Waals surface area contributed by atoms with Gasteiger partial charge in [0.1, 0.15) is 5.75 Å². The molecule has 1 rings (SSSR count). The second kappa shape index (κ2) is 6.36. The van der Waals surface area contributed by atoms with Gasteiger partial charge in [-0.3, -0.25) is 4.79 Å². The molecule has 19 heavy (non-hydrogen) atoms. The van der Waals surface area contributed by atoms with Crippen molar-refractivity contribution in [1.29, 1.82) is 0 Å². The van der Waals surface area contributed by atoms with Gasteiger partial charge in [0, 0.05) is 17.5 Å². The first-order chi connectivity index (χ1) is 8.80. The molecule has 0 atom stereocenters. The molecule has 0 saturated heterocycles. The van der Waals surface area contributed by atoms with E-state index in [1.807, 2.05) is 13.0 Å². The molecular weight excluding hydrogens is 264 g/mol. The fraction of sp³-hybridized carbons (Fsp3) is 0.308. The van der Waals surface area contributed by atoms with Crippen molar-refractivity contribution in [3.63, 3.8) is 0 Å². The van der Waals surface area contributed by atoms with Crippen molar-refractivity contribution in [3.05, 3.63) is 29.3 Å². The Bertz CT molecular complexity index is 640. The second-order valence-electron chi connectivity index (χ2n) is 4.21. The summed E-state index contributed by atoms with van der Waals surface area (Å²) in [5.41, 5.74) is 7.45. The fourth-order valence-electron chi connectivity index (χ4n) is 1.52. The largest absolute Gasteiger partial charge is 0.325 e. The van der Waals surface area contributed by atoms with Gasteiger partial charge in [-0.2, -0.15) is 0 Å². The number of hydrogen-bond acceptors (Lipinski definition) is 4. The zero-order chi connectivity index (χ0) is 14.5. The van der Waals surface area contributed by atoms with E-state index in [0.717, 1.165) is 17.4 Å². The maximum absolute atomic E-state index is 11.5. The number of anilines is 1. The van der Waals surface area contributed by atoms with Crippen molar-refractivity contribution < 1.29 is 13.2 Å². The van der Waals surface area contributed by atoms with Gasteiger partial charge in [0.2, 0.25) is 5.91 Å². The Kier molecular flexibility index (Phi) is 5.10. The van der Waals surface area contributed by atoms with Crippen LogP contribution in [0.5, 0.6) is 0 Å². The van der Waals surface area contributed by atoms with Crippen LogP contribution in [0.4, 0.5) is 5.69 Å². The van der Waals surface area contributed by atoms with E-state index in [0.29, 0.717) is 5.69 Å². The molecule has 6 heteroatoms. The van der Waals surface area contributed by atoms with Crippen LogP contribution in [0.3, 0.4) is 0 Å². The molecule has 0 aromatic heterocycles. The molecule has 1 amide bonds. The molecule has 0 aliphatic heterocycles. The van der Waals surface area contributed by atoms with E-state index in [2.05, 4.69) is 17.2 Å². The summed E-state index contributed by atoms with van der Waals surface area (Å²) in [5, 5.41) is 2.54. The second-order valence-corrected chi connectivity index (χ2v) is 6.35. The number of rotatable bonds is 3. The van der Waals surface area contributed by atoms with Crippen LogP contribution in [-0.2, 0) is 14.6 Å². The van der Waals surface area contributed by atoms with Crippen LogP contribution < -0.4 is 11.1 Å². The Morgan fingerprint density at radius 1 is 1.37 bits per heavy atom. The van der Waals surface area contributed by atoms with Crippen molar-refractivity contribution in [3.8, 4) is 11.8 Å². The highest BCUT2D eigenvalue weighted by atomic mass is 32.2. The number of hydrogen-bond donors (Lipinski definition) is 2. The molecule has 0 unspecified atom stereocenters. The van der Waals surface area contributed by atoms with E-state index >= 15 is 0 Å². The van der Waals surface area contributed by atoms with Crippen LogP contribution in [0.2, 0.25) is 0 Å². The lowest BCUT2D eigenvalue weighted by atomic mass is 10.1. The summed E-state index contributed by atoms with van der Waals surface area (Å²) in [5.74, 6) is 4.48. The lowest BCUT2D eigenvalue weighted by Gasteiger charge is -2.06. The molecule has 0 aliphatic carbocycles. The smallest absolute Gasteiger partial charge is 0.239 e. The number of amides is 1. The van der Waals surface area contributed by atoms with E-state index in [1.54, 1.807) is 12.1 Å². The molecule has 0 aliphatic rings. The van der Waals surface area contributed by atoms with E-state index in [4.69, 9.17) is 5.73 Å². The van der Waals surface area contributed by atoms with Crippen molar-refractivity contribution in [2.75, 3.05) is 23.9 Å². The first kappa shape index (κ1) is 15.2. The topological polar surface area (TPSA) is 89.3 Å². The molecule has 0 bridgehead atoms. The average molecular weight is 280 g/mol. The molecule has 1 aromatic rings. The van der Waals surface area contributed by atoms with Gasteiger partial charge >= 0.3 is 0 Å². The fourth-order valence-corrected chi connectivity index (χ4v) is 2.06. The van der Waals surface area contributed by atoms with Crippen LogP contribution in [0.25, 0.3) is 0 Å². The van der Waals surface area contributed by atoms with Gasteiger partial charge in [-0.25, -0.2) is 8.42 Å². The van der Waals surface area contributed by atoms with E-state index < -0.39 is 21.5 Å². The number of nitrogens with two attached hydrogens (primary N) is 1. The molecule has 0 radical (unpaired) electrons. The third kappa shape index (κ3) is 6.04. The first-order valence-electron chi connectivity index (χ1n) is 5.58. The Balaban J connectivity index is 2.90. The number of carbonyl (C=O) groups is 1. The molecule has 0 heterocycles. The van der Waals surface area contributed by atoms with Gasteiger partial charge < -0.3 is 11.1 Å². The molecule has 102 valence electrons. The molecule has 1 aromatic carbocycles. The highest BCUT2D eigenvalue weighted by Gasteiger charge is 2.11. The Hall–Kier alpha value is -1.84. The SMILES string of the molecule is Cc1cc(C#CCN)cc(NC(=O)CS(C)(=O)=O)c1. The summed E-state index contributed by atoms with van der Waals surface area (Å²) in [7, 11) is -3.33. The van der Waals surface area contributed by atoms with Crippen LogP contribution in [0.15, 0.2) is 18.2 Å². The van der Waals surface area contributed by atoms with Crippen LogP contribution in [-0.4, -0.2) is 32.9 Å². The minimum Gasteiger partial charge on any atom is -0.325 e. The standard InChI is InChI=1S/C13H16N2O3S/c1-10-6-11(4-3-5-14)8-12(7-10)15-13(16)9-19(2,17)18/h6-8H,5,9,14H2,1-2H3,(H,15,16). The summed E-state index contributed by atoms with van der Waals surface area (Å²) in [4.78, 5) is 11.5. The summed E-state index contributed by atoms with van der Waals surface area (Å²) in [6, 6.07) is 5.28. The molecule has 0 saturated carbocycles. The van der Waals surface area contributed by atoms with Crippen LogP contribution in [0.1, 0.15) is 11.1 Å². The number of carbonyl (C=O) groups excluding carboxylic acids is 1. The van der Waals surface area contributed by atoms with Crippen molar-refractivity contribution in [2.45, 2.75) is 6.92 Å². The van der Waals surface area contributed by atoms with Gasteiger partial charge in [-0.05, 0) is 30.7 Å². The average Bonchev–Trinajstić information content (AvgIpc) is 2.22. The predicted molar refractivity (Wildman–Crippen MR) is 75.5 cm³/mol. The van der Waals surface area contributed by atoms with Gasteiger partial charge in [0.15, 0.2) is 9.84 Å². The maximum Gasteiger partial charge on any atom is 0.239 e. The van der Waals surface area contributed by atoms with E-state index in [1.165, 1.54) is 0 Å². The van der Waals surface area contributed by atoms with Crippen LogP contribution >= 0.6 is 0 Å². The number of nitrogens with one attached hydrogen (secondary N) is 1. The predicted octanol–water partition coefficient (Wildman–Crippen LogP) is 0.288. The summed E-state index contributed by atoms with van der Waals surface area (Å²) in [6.07, 6.45) is 1.01. The third-order valence-corrected chi connectivity index (χ3v) is 2.88. The minimum atomic E-state index is -3.33. The van der Waals surface area contributed by atoms with Crippen LogP contribution in [0, 0.1) is 18.8 Å². The lowest BCUT2D eigenvalue weighted by Crippen LogP contribution is -2.22. The number of aryl methyl sites for hydroxylation is 1. The quantitative estimate of drug-likeness (QED) is 0.779. The minimum absolute atomic E-state index is 0.254. The Morgan fingerprint density at radius 2 is 2.05 bits per heavy atom. The molecular formula is C13H16N2O3S. The van der Waals surface area contributed by atoms with Gasteiger partial charge in [-0.1, -0.05) is 11.8 Å². The zero-order valence-corrected chi connectivity index (χ0v) is 11.7. The summed E-state index contributed by atoms with van der Waals surface area (Å²) in [6.45, 7) is 2.11. The summed E-state index contributed by atoms with van der Waals surface area (Å²) < 4.78 is 22.0. The normalized spacial score (nSPS) is 10.5.